The first-order valence-corrected chi connectivity index (χ1v) is 9.54. The van der Waals surface area contributed by atoms with Gasteiger partial charge in [-0.2, -0.15) is 4.57 Å². The Bertz CT molecular complexity index is 1110. The van der Waals surface area contributed by atoms with Gasteiger partial charge in [-0.15, -0.1) is 0 Å². The molecule has 0 spiro atoms. The maximum Gasteiger partial charge on any atom is 0.295 e. The molecular weight excluding hydrogens is 328 g/mol. The largest absolute Gasteiger partial charge is 0.295 e. The third kappa shape index (κ3) is 2.95. The summed E-state index contributed by atoms with van der Waals surface area (Å²) < 4.78 is 4.71. The Morgan fingerprint density at radius 2 is 1.48 bits per heavy atom. The summed E-state index contributed by atoms with van der Waals surface area (Å²) in [5.41, 5.74) is 7.68. The van der Waals surface area contributed by atoms with Crippen molar-refractivity contribution in [2.45, 2.75) is 33.1 Å². The van der Waals surface area contributed by atoms with Gasteiger partial charge < -0.3 is 0 Å². The number of benzene rings is 3. The van der Waals surface area contributed by atoms with Gasteiger partial charge >= 0.3 is 0 Å². The molecule has 0 saturated carbocycles. The van der Waals surface area contributed by atoms with Crippen molar-refractivity contribution in [2.75, 3.05) is 0 Å². The Labute approximate surface area is 161 Å². The minimum atomic E-state index is 0.112. The first-order chi connectivity index (χ1) is 12.9. The van der Waals surface area contributed by atoms with Gasteiger partial charge in [-0.25, -0.2) is 4.57 Å². The maximum absolute atomic E-state index is 2.40. The number of rotatable bonds is 2. The standard InChI is InChI=1S/C25H27N2/c1-18-11-9-10-14-21(18)24-26(5)22-16-15-19(25(2,3)4)17-23(22)27(24)20-12-7-6-8-13-20/h6-17H,1-5H3/q+1. The van der Waals surface area contributed by atoms with Crippen LogP contribution < -0.4 is 4.57 Å². The molecule has 2 heteroatoms. The third-order valence-corrected chi connectivity index (χ3v) is 5.37. The van der Waals surface area contributed by atoms with Crippen molar-refractivity contribution in [3.8, 4) is 17.1 Å². The number of fused-ring (bicyclic) bond motifs is 1. The van der Waals surface area contributed by atoms with Crippen molar-refractivity contribution in [3.63, 3.8) is 0 Å². The van der Waals surface area contributed by atoms with E-state index >= 15 is 0 Å². The number of hydrogen-bond donors (Lipinski definition) is 0. The van der Waals surface area contributed by atoms with Gasteiger partial charge in [-0.3, -0.25) is 0 Å². The second-order valence-electron chi connectivity index (χ2n) is 8.32. The van der Waals surface area contributed by atoms with Crippen LogP contribution in [0.4, 0.5) is 0 Å². The molecule has 2 nitrogen and oxygen atoms in total. The van der Waals surface area contributed by atoms with Gasteiger partial charge in [0, 0.05) is 0 Å². The Morgan fingerprint density at radius 1 is 0.815 bits per heavy atom. The Balaban J connectivity index is 2.14. The summed E-state index contributed by atoms with van der Waals surface area (Å²) in [5, 5.41) is 0. The van der Waals surface area contributed by atoms with Gasteiger partial charge in [-0.05, 0) is 53.8 Å². The van der Waals surface area contributed by atoms with E-state index in [1.807, 2.05) is 0 Å². The molecule has 1 heterocycles. The Hall–Kier alpha value is -2.87. The van der Waals surface area contributed by atoms with E-state index in [0.717, 1.165) is 0 Å². The fourth-order valence-electron chi connectivity index (χ4n) is 3.79. The quantitative estimate of drug-likeness (QED) is 0.406. The summed E-state index contributed by atoms with van der Waals surface area (Å²) >= 11 is 0. The van der Waals surface area contributed by atoms with Crippen molar-refractivity contribution in [3.05, 3.63) is 83.9 Å². The maximum atomic E-state index is 2.40. The van der Waals surface area contributed by atoms with E-state index in [0.29, 0.717) is 0 Å². The number of para-hydroxylation sites is 1. The fraction of sp³-hybridized carbons (Fsp3) is 0.240. The van der Waals surface area contributed by atoms with Crippen LogP contribution in [0.5, 0.6) is 0 Å². The molecule has 0 radical (unpaired) electrons. The van der Waals surface area contributed by atoms with Gasteiger partial charge in [0.2, 0.25) is 0 Å². The number of imidazole rings is 1. The first kappa shape index (κ1) is 17.5. The lowest BCUT2D eigenvalue weighted by atomic mass is 9.87. The molecule has 4 rings (SSSR count). The Kier molecular flexibility index (Phi) is 4.15. The van der Waals surface area contributed by atoms with Crippen LogP contribution in [-0.2, 0) is 12.5 Å². The van der Waals surface area contributed by atoms with E-state index in [2.05, 4.69) is 117 Å². The van der Waals surface area contributed by atoms with Gasteiger partial charge in [0.25, 0.3) is 5.82 Å². The highest BCUT2D eigenvalue weighted by Crippen LogP contribution is 2.32. The second-order valence-corrected chi connectivity index (χ2v) is 8.32. The monoisotopic (exact) mass is 355 g/mol. The highest BCUT2D eigenvalue weighted by atomic mass is 15.2. The molecule has 27 heavy (non-hydrogen) atoms. The number of aryl methyl sites for hydroxylation is 2. The molecule has 0 saturated heterocycles. The average Bonchev–Trinajstić information content (AvgIpc) is 2.94. The summed E-state index contributed by atoms with van der Waals surface area (Å²) in [6.07, 6.45) is 0. The van der Waals surface area contributed by atoms with E-state index in [9.17, 15) is 0 Å². The predicted octanol–water partition coefficient (Wildman–Crippen LogP) is 5.73. The van der Waals surface area contributed by atoms with Gasteiger partial charge in [0.05, 0.1) is 12.6 Å². The first-order valence-electron chi connectivity index (χ1n) is 9.54. The van der Waals surface area contributed by atoms with Crippen LogP contribution >= 0.6 is 0 Å². The van der Waals surface area contributed by atoms with E-state index < -0.39 is 0 Å². The smallest absolute Gasteiger partial charge is 0.225 e. The molecule has 0 aliphatic rings. The Morgan fingerprint density at radius 3 is 2.15 bits per heavy atom. The lowest BCUT2D eigenvalue weighted by Gasteiger charge is -2.18. The topological polar surface area (TPSA) is 8.81 Å². The van der Waals surface area contributed by atoms with Crippen LogP contribution in [0.2, 0.25) is 0 Å². The molecule has 0 bridgehead atoms. The van der Waals surface area contributed by atoms with Crippen molar-refractivity contribution >= 4 is 11.0 Å². The summed E-state index contributed by atoms with van der Waals surface area (Å²) in [6, 6.07) is 26.2. The fourth-order valence-corrected chi connectivity index (χ4v) is 3.79. The zero-order valence-corrected chi connectivity index (χ0v) is 16.8. The van der Waals surface area contributed by atoms with Crippen LogP contribution in [0, 0.1) is 6.92 Å². The zero-order chi connectivity index (χ0) is 19.2. The summed E-state index contributed by atoms with van der Waals surface area (Å²) in [5.74, 6) is 1.21. The minimum Gasteiger partial charge on any atom is -0.225 e. The van der Waals surface area contributed by atoms with Gasteiger partial charge in [0.1, 0.15) is 5.69 Å². The summed E-state index contributed by atoms with van der Waals surface area (Å²) in [6.45, 7) is 8.99. The van der Waals surface area contributed by atoms with Crippen molar-refractivity contribution in [1.29, 1.82) is 0 Å². The molecule has 4 aromatic rings. The third-order valence-electron chi connectivity index (χ3n) is 5.37. The molecule has 3 aromatic carbocycles. The summed E-state index contributed by atoms with van der Waals surface area (Å²) in [4.78, 5) is 0. The minimum absolute atomic E-state index is 0.112. The molecule has 1 aromatic heterocycles. The molecule has 0 aliphatic carbocycles. The second kappa shape index (κ2) is 6.38. The molecule has 0 amide bonds. The highest BCUT2D eigenvalue weighted by molar-refractivity contribution is 5.80. The SMILES string of the molecule is Cc1ccccc1-c1n(-c2ccccc2)c2cc(C(C)(C)C)ccc2[n+]1C. The molecule has 0 unspecified atom stereocenters. The number of nitrogens with zero attached hydrogens (tertiary/aromatic N) is 2. The lowest BCUT2D eigenvalue weighted by Crippen LogP contribution is -2.30. The van der Waals surface area contributed by atoms with Gasteiger partial charge in [-0.1, -0.05) is 63.2 Å². The predicted molar refractivity (Wildman–Crippen MR) is 113 cm³/mol. The molecular formula is C25H27N2+. The van der Waals surface area contributed by atoms with Crippen molar-refractivity contribution < 1.29 is 4.57 Å². The van der Waals surface area contributed by atoms with Crippen LogP contribution in [0.1, 0.15) is 31.9 Å². The average molecular weight is 356 g/mol. The number of hydrogen-bond acceptors (Lipinski definition) is 0. The number of aromatic nitrogens is 2. The molecule has 0 fully saturated rings. The highest BCUT2D eigenvalue weighted by Gasteiger charge is 2.28. The molecule has 136 valence electrons. The van der Waals surface area contributed by atoms with E-state index in [1.165, 1.54) is 39.2 Å². The van der Waals surface area contributed by atoms with E-state index in [1.54, 1.807) is 0 Å². The summed E-state index contributed by atoms with van der Waals surface area (Å²) in [7, 11) is 2.17. The van der Waals surface area contributed by atoms with Crippen molar-refractivity contribution in [2.24, 2.45) is 7.05 Å². The van der Waals surface area contributed by atoms with Crippen molar-refractivity contribution in [1.82, 2.24) is 4.57 Å². The normalized spacial score (nSPS) is 11.9. The lowest BCUT2D eigenvalue weighted by molar-refractivity contribution is -0.633. The zero-order valence-electron chi connectivity index (χ0n) is 16.8. The van der Waals surface area contributed by atoms with Crippen LogP contribution in [0.3, 0.4) is 0 Å². The molecule has 0 N–H and O–H groups in total. The molecule has 0 atom stereocenters. The van der Waals surface area contributed by atoms with Crippen LogP contribution in [0.15, 0.2) is 72.8 Å². The van der Waals surface area contributed by atoms with Gasteiger partial charge in [0.15, 0.2) is 11.0 Å². The van der Waals surface area contributed by atoms with Crippen LogP contribution in [0.25, 0.3) is 28.1 Å². The van der Waals surface area contributed by atoms with Crippen LogP contribution in [-0.4, -0.2) is 4.57 Å². The molecule has 0 aliphatic heterocycles. The van der Waals surface area contributed by atoms with E-state index in [-0.39, 0.29) is 5.41 Å². The van der Waals surface area contributed by atoms with E-state index in [4.69, 9.17) is 0 Å².